The van der Waals surface area contributed by atoms with E-state index in [0.717, 1.165) is 12.0 Å². The summed E-state index contributed by atoms with van der Waals surface area (Å²) in [6.07, 6.45) is 2.86. The molecular weight excluding hydrogens is 230 g/mol. The van der Waals surface area contributed by atoms with Crippen LogP contribution in [0.25, 0.3) is 0 Å². The molecule has 0 spiro atoms. The van der Waals surface area contributed by atoms with Crippen LogP contribution in [0.15, 0.2) is 23.5 Å². The van der Waals surface area contributed by atoms with Crippen molar-refractivity contribution in [2.75, 3.05) is 0 Å². The lowest BCUT2D eigenvalue weighted by Gasteiger charge is -2.15. The van der Waals surface area contributed by atoms with Crippen molar-refractivity contribution in [3.8, 4) is 0 Å². The lowest BCUT2D eigenvalue weighted by molar-refractivity contribution is 0.0397. The molecule has 1 atom stereocenters. The molecule has 1 heterocycles. The van der Waals surface area contributed by atoms with E-state index in [1.54, 1.807) is 12.3 Å². The Labute approximate surface area is 108 Å². The van der Waals surface area contributed by atoms with Gasteiger partial charge in [-0.1, -0.05) is 19.0 Å². The van der Waals surface area contributed by atoms with Gasteiger partial charge in [-0.3, -0.25) is 4.98 Å². The molecule has 5 heteroatoms. The zero-order chi connectivity index (χ0) is 13.5. The van der Waals surface area contributed by atoms with E-state index in [1.165, 1.54) is 0 Å². The number of oxime groups is 1. The maximum Gasteiger partial charge on any atom is 0.188 e. The van der Waals surface area contributed by atoms with Crippen molar-refractivity contribution < 1.29 is 9.94 Å². The van der Waals surface area contributed by atoms with Crippen molar-refractivity contribution in [2.24, 2.45) is 16.8 Å². The minimum Gasteiger partial charge on any atom is -0.409 e. The van der Waals surface area contributed by atoms with E-state index in [-0.39, 0.29) is 11.9 Å². The van der Waals surface area contributed by atoms with Crippen LogP contribution in [0.1, 0.15) is 38.4 Å². The number of pyridine rings is 1. The summed E-state index contributed by atoms with van der Waals surface area (Å²) in [5.74, 6) is 0.622. The zero-order valence-electron chi connectivity index (χ0n) is 11.1. The van der Waals surface area contributed by atoms with E-state index in [2.05, 4.69) is 30.9 Å². The predicted molar refractivity (Wildman–Crippen MR) is 70.5 cm³/mol. The lowest BCUT2D eigenvalue weighted by Crippen LogP contribution is -2.16. The van der Waals surface area contributed by atoms with Crippen LogP contribution in [0.5, 0.6) is 0 Å². The molecule has 0 amide bonds. The van der Waals surface area contributed by atoms with Gasteiger partial charge in [-0.15, -0.1) is 0 Å². The summed E-state index contributed by atoms with van der Waals surface area (Å²) >= 11 is 0. The van der Waals surface area contributed by atoms with E-state index in [0.29, 0.717) is 18.2 Å². The van der Waals surface area contributed by atoms with Crippen molar-refractivity contribution in [2.45, 2.75) is 39.9 Å². The Balaban J connectivity index is 2.57. The Hall–Kier alpha value is -1.62. The van der Waals surface area contributed by atoms with E-state index >= 15 is 0 Å². The largest absolute Gasteiger partial charge is 0.409 e. The van der Waals surface area contributed by atoms with Crippen LogP contribution in [-0.2, 0) is 11.3 Å². The highest BCUT2D eigenvalue weighted by molar-refractivity contribution is 5.95. The van der Waals surface area contributed by atoms with Crippen LogP contribution in [-0.4, -0.2) is 22.1 Å². The first kappa shape index (κ1) is 14.4. The minimum absolute atomic E-state index is 0.00655. The second kappa shape index (κ2) is 6.96. The molecule has 18 heavy (non-hydrogen) atoms. The van der Waals surface area contributed by atoms with Gasteiger partial charge in [0, 0.05) is 6.20 Å². The van der Waals surface area contributed by atoms with Gasteiger partial charge in [0.25, 0.3) is 0 Å². The van der Waals surface area contributed by atoms with Gasteiger partial charge in [-0.05, 0) is 37.0 Å². The lowest BCUT2D eigenvalue weighted by atomic mass is 10.1. The summed E-state index contributed by atoms with van der Waals surface area (Å²) in [6.45, 7) is 6.90. The molecule has 0 saturated heterocycles. The fourth-order valence-corrected chi connectivity index (χ4v) is 1.73. The first-order chi connectivity index (χ1) is 8.52. The number of ether oxygens (including phenoxy) is 1. The molecule has 1 unspecified atom stereocenters. The third-order valence-electron chi connectivity index (χ3n) is 2.53. The molecule has 0 aliphatic carbocycles. The van der Waals surface area contributed by atoms with Crippen molar-refractivity contribution in [3.05, 3.63) is 29.6 Å². The van der Waals surface area contributed by atoms with Crippen molar-refractivity contribution in [3.63, 3.8) is 0 Å². The molecule has 1 aromatic heterocycles. The quantitative estimate of drug-likeness (QED) is 0.351. The first-order valence-corrected chi connectivity index (χ1v) is 6.07. The van der Waals surface area contributed by atoms with Gasteiger partial charge in [0.15, 0.2) is 5.84 Å². The number of hydrogen-bond acceptors (Lipinski definition) is 4. The maximum atomic E-state index is 8.59. The number of amidine groups is 1. The first-order valence-electron chi connectivity index (χ1n) is 6.07. The number of nitrogens with two attached hydrogens (primary N) is 1. The second-order valence-electron chi connectivity index (χ2n) is 4.79. The summed E-state index contributed by atoms with van der Waals surface area (Å²) in [5, 5.41) is 11.5. The van der Waals surface area contributed by atoms with Crippen molar-refractivity contribution >= 4 is 5.84 Å². The fraction of sp³-hybridized carbons (Fsp3) is 0.538. The molecule has 0 aliphatic heterocycles. The van der Waals surface area contributed by atoms with Crippen LogP contribution in [0, 0.1) is 5.92 Å². The Morgan fingerprint density at radius 2 is 2.22 bits per heavy atom. The van der Waals surface area contributed by atoms with Gasteiger partial charge in [-0.25, -0.2) is 0 Å². The average molecular weight is 251 g/mol. The van der Waals surface area contributed by atoms with E-state index in [4.69, 9.17) is 15.7 Å². The van der Waals surface area contributed by atoms with Crippen LogP contribution >= 0.6 is 0 Å². The van der Waals surface area contributed by atoms with Gasteiger partial charge < -0.3 is 15.7 Å². The molecule has 0 fully saturated rings. The van der Waals surface area contributed by atoms with E-state index in [1.807, 2.05) is 6.07 Å². The third kappa shape index (κ3) is 4.71. The van der Waals surface area contributed by atoms with Gasteiger partial charge in [0.2, 0.25) is 0 Å². The molecular formula is C13H21N3O2. The van der Waals surface area contributed by atoms with E-state index < -0.39 is 0 Å². The van der Waals surface area contributed by atoms with Crippen molar-refractivity contribution in [1.29, 1.82) is 0 Å². The minimum atomic E-state index is 0.00655. The molecule has 1 aromatic rings. The van der Waals surface area contributed by atoms with Crippen LogP contribution in [0.2, 0.25) is 0 Å². The average Bonchev–Trinajstić information content (AvgIpc) is 2.35. The van der Waals surface area contributed by atoms with Crippen LogP contribution in [0.4, 0.5) is 0 Å². The highest BCUT2D eigenvalue weighted by Gasteiger charge is 2.07. The zero-order valence-corrected chi connectivity index (χ0v) is 11.1. The topological polar surface area (TPSA) is 80.7 Å². The summed E-state index contributed by atoms with van der Waals surface area (Å²) < 4.78 is 5.74. The second-order valence-corrected chi connectivity index (χ2v) is 4.79. The molecule has 3 N–H and O–H groups in total. The predicted octanol–water partition coefficient (Wildman–Crippen LogP) is 2.13. The Bertz CT molecular complexity index is 405. The summed E-state index contributed by atoms with van der Waals surface area (Å²) in [6, 6.07) is 3.62. The molecule has 0 aromatic carbocycles. The van der Waals surface area contributed by atoms with E-state index in [9.17, 15) is 0 Å². The maximum absolute atomic E-state index is 8.59. The van der Waals surface area contributed by atoms with Crippen LogP contribution in [0.3, 0.4) is 0 Å². The Kier molecular flexibility index (Phi) is 5.58. The van der Waals surface area contributed by atoms with Gasteiger partial charge in [0.1, 0.15) is 5.69 Å². The molecule has 0 bridgehead atoms. The van der Waals surface area contributed by atoms with Crippen LogP contribution < -0.4 is 5.73 Å². The molecule has 0 radical (unpaired) electrons. The SMILES string of the molecule is CC(C)CC(C)OCc1ccnc(C(N)=NO)c1. The molecule has 0 aliphatic rings. The van der Waals surface area contributed by atoms with Crippen molar-refractivity contribution in [1.82, 2.24) is 4.98 Å². The summed E-state index contributed by atoms with van der Waals surface area (Å²) in [4.78, 5) is 4.01. The standard InChI is InChI=1S/C13H21N3O2/c1-9(2)6-10(3)18-8-11-4-5-15-12(7-11)13(14)16-17/h4-5,7,9-10,17H,6,8H2,1-3H3,(H2,14,16). The van der Waals surface area contributed by atoms with Gasteiger partial charge in [-0.2, -0.15) is 0 Å². The number of nitrogens with zero attached hydrogens (tertiary/aromatic N) is 2. The normalized spacial score (nSPS) is 13.9. The third-order valence-corrected chi connectivity index (χ3v) is 2.53. The Morgan fingerprint density at radius 1 is 1.50 bits per heavy atom. The molecule has 1 rings (SSSR count). The highest BCUT2D eigenvalue weighted by atomic mass is 16.5. The molecule has 100 valence electrons. The number of hydrogen-bond donors (Lipinski definition) is 2. The Morgan fingerprint density at radius 3 is 2.83 bits per heavy atom. The summed E-state index contributed by atoms with van der Waals surface area (Å²) in [5.41, 5.74) is 6.90. The number of aromatic nitrogens is 1. The van der Waals surface area contributed by atoms with Gasteiger partial charge in [0.05, 0.1) is 12.7 Å². The summed E-state index contributed by atoms with van der Waals surface area (Å²) in [7, 11) is 0. The van der Waals surface area contributed by atoms with Gasteiger partial charge >= 0.3 is 0 Å². The highest BCUT2D eigenvalue weighted by Crippen LogP contribution is 2.11. The fourth-order valence-electron chi connectivity index (χ4n) is 1.73. The smallest absolute Gasteiger partial charge is 0.188 e. The molecule has 0 saturated carbocycles. The monoisotopic (exact) mass is 251 g/mol. The molecule has 5 nitrogen and oxygen atoms in total. The number of rotatable bonds is 6.